The van der Waals surface area contributed by atoms with Gasteiger partial charge in [0.25, 0.3) is 5.69 Å². The van der Waals surface area contributed by atoms with Crippen LogP contribution in [0.5, 0.6) is 0 Å². The number of nitrogens with zero attached hydrogens (tertiary/aromatic N) is 2. The Bertz CT molecular complexity index is 424. The van der Waals surface area contributed by atoms with E-state index in [1.54, 1.807) is 6.92 Å². The van der Waals surface area contributed by atoms with Gasteiger partial charge in [-0.25, -0.2) is 0 Å². The Morgan fingerprint density at radius 3 is 2.71 bits per heavy atom. The normalized spacial score (nSPS) is 9.50. The van der Waals surface area contributed by atoms with E-state index in [-0.39, 0.29) is 5.69 Å². The van der Waals surface area contributed by atoms with Crippen LogP contribution in [-0.2, 0) is 5.33 Å². The number of aryl methyl sites for hydroxylation is 1. The lowest BCUT2D eigenvalue weighted by molar-refractivity contribution is -0.385. The average molecular weight is 255 g/mol. The van der Waals surface area contributed by atoms with E-state index in [1.165, 1.54) is 12.1 Å². The fourth-order valence-corrected chi connectivity index (χ4v) is 1.62. The smallest absolute Gasteiger partial charge is 0.258 e. The third-order valence-corrected chi connectivity index (χ3v) is 2.49. The van der Waals surface area contributed by atoms with E-state index in [0.717, 1.165) is 0 Å². The van der Waals surface area contributed by atoms with Crippen LogP contribution in [0.3, 0.4) is 0 Å². The molecule has 0 aliphatic carbocycles. The van der Waals surface area contributed by atoms with Crippen LogP contribution >= 0.6 is 15.9 Å². The summed E-state index contributed by atoms with van der Waals surface area (Å²) in [5.74, 6) is 0. The number of nitro benzene ring substituents is 1. The van der Waals surface area contributed by atoms with Gasteiger partial charge in [0.15, 0.2) is 0 Å². The fourth-order valence-electron chi connectivity index (χ4n) is 1.15. The van der Waals surface area contributed by atoms with E-state index < -0.39 is 4.92 Å². The summed E-state index contributed by atoms with van der Waals surface area (Å²) in [6, 6.07) is 4.97. The molecule has 0 saturated heterocycles. The van der Waals surface area contributed by atoms with Crippen LogP contribution in [0.4, 0.5) is 5.69 Å². The highest BCUT2D eigenvalue weighted by molar-refractivity contribution is 9.08. The molecular formula is C9H7BrN2O2. The molecule has 0 aromatic heterocycles. The second kappa shape index (κ2) is 4.20. The van der Waals surface area contributed by atoms with Crippen molar-refractivity contribution < 1.29 is 4.92 Å². The lowest BCUT2D eigenvalue weighted by atomic mass is 10.1. The number of hydrogen-bond acceptors (Lipinski definition) is 3. The molecule has 0 bridgehead atoms. The van der Waals surface area contributed by atoms with Gasteiger partial charge in [-0.2, -0.15) is 5.26 Å². The molecule has 0 fully saturated rings. The predicted octanol–water partition coefficient (Wildman–Crippen LogP) is 2.67. The van der Waals surface area contributed by atoms with Crippen molar-refractivity contribution in [2.24, 2.45) is 0 Å². The summed E-state index contributed by atoms with van der Waals surface area (Å²) in [6.45, 7) is 1.62. The SMILES string of the molecule is Cc1cc(C#N)c(CBr)cc1[N+](=O)[O-]. The summed E-state index contributed by atoms with van der Waals surface area (Å²) in [5.41, 5.74) is 1.68. The standard InChI is InChI=1S/C9H7BrN2O2/c1-6-2-8(5-11)7(4-10)3-9(6)12(13)14/h2-3H,4H2,1H3. The molecule has 4 nitrogen and oxygen atoms in total. The average Bonchev–Trinajstić information content (AvgIpc) is 2.16. The molecule has 0 aliphatic heterocycles. The summed E-state index contributed by atoms with van der Waals surface area (Å²) in [6.07, 6.45) is 0. The van der Waals surface area contributed by atoms with Gasteiger partial charge in [-0.1, -0.05) is 15.9 Å². The zero-order valence-corrected chi connectivity index (χ0v) is 9.04. The number of benzene rings is 1. The van der Waals surface area contributed by atoms with Crippen LogP contribution in [0.2, 0.25) is 0 Å². The molecule has 14 heavy (non-hydrogen) atoms. The van der Waals surface area contributed by atoms with Gasteiger partial charge in [0.05, 0.1) is 16.6 Å². The van der Waals surface area contributed by atoms with Crippen molar-refractivity contribution in [3.63, 3.8) is 0 Å². The van der Waals surface area contributed by atoms with Crippen LogP contribution < -0.4 is 0 Å². The number of hydrogen-bond donors (Lipinski definition) is 0. The van der Waals surface area contributed by atoms with Crippen molar-refractivity contribution in [2.75, 3.05) is 0 Å². The van der Waals surface area contributed by atoms with Gasteiger partial charge in [-0.15, -0.1) is 0 Å². The van der Waals surface area contributed by atoms with Gasteiger partial charge in [0.1, 0.15) is 0 Å². The zero-order valence-electron chi connectivity index (χ0n) is 7.45. The first-order valence-corrected chi connectivity index (χ1v) is 4.96. The minimum atomic E-state index is -0.442. The molecule has 72 valence electrons. The number of nitro groups is 1. The summed E-state index contributed by atoms with van der Waals surface area (Å²) in [5, 5.41) is 19.8. The van der Waals surface area contributed by atoms with Crippen LogP contribution in [-0.4, -0.2) is 4.92 Å². The van der Waals surface area contributed by atoms with Crippen molar-refractivity contribution in [3.8, 4) is 6.07 Å². The minimum Gasteiger partial charge on any atom is -0.258 e. The van der Waals surface area contributed by atoms with Gasteiger partial charge < -0.3 is 0 Å². The van der Waals surface area contributed by atoms with Gasteiger partial charge in [0, 0.05) is 17.0 Å². The highest BCUT2D eigenvalue weighted by Crippen LogP contribution is 2.24. The lowest BCUT2D eigenvalue weighted by Crippen LogP contribution is -1.95. The van der Waals surface area contributed by atoms with Gasteiger partial charge >= 0.3 is 0 Å². The van der Waals surface area contributed by atoms with Crippen molar-refractivity contribution in [1.29, 1.82) is 5.26 Å². The molecule has 0 spiro atoms. The maximum absolute atomic E-state index is 10.6. The van der Waals surface area contributed by atoms with Gasteiger partial charge in [0.2, 0.25) is 0 Å². The Hall–Kier alpha value is -1.41. The Labute approximate surface area is 89.4 Å². The molecule has 0 saturated carbocycles. The van der Waals surface area contributed by atoms with Gasteiger partial charge in [-0.05, 0) is 18.6 Å². The number of halogens is 1. The van der Waals surface area contributed by atoms with E-state index in [1.807, 2.05) is 6.07 Å². The lowest BCUT2D eigenvalue weighted by Gasteiger charge is -2.02. The molecular weight excluding hydrogens is 248 g/mol. The van der Waals surface area contributed by atoms with Gasteiger partial charge in [-0.3, -0.25) is 10.1 Å². The predicted molar refractivity (Wildman–Crippen MR) is 55.2 cm³/mol. The van der Waals surface area contributed by atoms with Crippen molar-refractivity contribution in [3.05, 3.63) is 38.9 Å². The number of alkyl halides is 1. The highest BCUT2D eigenvalue weighted by atomic mass is 79.9. The molecule has 0 unspecified atom stereocenters. The van der Waals surface area contributed by atoms with Crippen molar-refractivity contribution in [2.45, 2.75) is 12.3 Å². The Morgan fingerprint density at radius 1 is 1.64 bits per heavy atom. The quantitative estimate of drug-likeness (QED) is 0.463. The van der Waals surface area contributed by atoms with Crippen molar-refractivity contribution in [1.82, 2.24) is 0 Å². The molecule has 5 heteroatoms. The highest BCUT2D eigenvalue weighted by Gasteiger charge is 2.14. The maximum atomic E-state index is 10.6. The first-order valence-electron chi connectivity index (χ1n) is 3.84. The van der Waals surface area contributed by atoms with Crippen molar-refractivity contribution >= 4 is 21.6 Å². The Morgan fingerprint density at radius 2 is 2.29 bits per heavy atom. The van der Waals surface area contributed by atoms with E-state index in [9.17, 15) is 10.1 Å². The Balaban J connectivity index is 3.39. The number of nitriles is 1. The van der Waals surface area contributed by atoms with Crippen LogP contribution in [0, 0.1) is 28.4 Å². The molecule has 0 radical (unpaired) electrons. The van der Waals surface area contributed by atoms with Crippen LogP contribution in [0.1, 0.15) is 16.7 Å². The second-order valence-electron chi connectivity index (χ2n) is 2.80. The molecule has 0 heterocycles. The second-order valence-corrected chi connectivity index (χ2v) is 3.36. The first kappa shape index (κ1) is 10.7. The molecule has 0 N–H and O–H groups in total. The van der Waals surface area contributed by atoms with E-state index in [0.29, 0.717) is 22.0 Å². The van der Waals surface area contributed by atoms with Crippen LogP contribution in [0.25, 0.3) is 0 Å². The largest absolute Gasteiger partial charge is 0.272 e. The molecule has 0 amide bonds. The molecule has 1 rings (SSSR count). The minimum absolute atomic E-state index is 0.0541. The molecule has 0 atom stereocenters. The summed E-state index contributed by atoms with van der Waals surface area (Å²) < 4.78 is 0. The number of rotatable bonds is 2. The fraction of sp³-hybridized carbons (Fsp3) is 0.222. The monoisotopic (exact) mass is 254 g/mol. The van der Waals surface area contributed by atoms with E-state index in [4.69, 9.17) is 5.26 Å². The molecule has 1 aromatic carbocycles. The third kappa shape index (κ3) is 1.91. The van der Waals surface area contributed by atoms with E-state index in [2.05, 4.69) is 15.9 Å². The summed E-state index contributed by atoms with van der Waals surface area (Å²) in [4.78, 5) is 10.2. The van der Waals surface area contributed by atoms with Crippen LogP contribution in [0.15, 0.2) is 12.1 Å². The Kier molecular flexibility index (Phi) is 3.20. The molecule has 0 aliphatic rings. The topological polar surface area (TPSA) is 66.9 Å². The van der Waals surface area contributed by atoms with E-state index >= 15 is 0 Å². The zero-order chi connectivity index (χ0) is 10.7. The molecule has 1 aromatic rings. The third-order valence-electron chi connectivity index (χ3n) is 1.88. The summed E-state index contributed by atoms with van der Waals surface area (Å²) >= 11 is 3.18. The maximum Gasteiger partial charge on any atom is 0.272 e. The summed E-state index contributed by atoms with van der Waals surface area (Å²) in [7, 11) is 0. The first-order chi connectivity index (χ1) is 6.60.